The van der Waals surface area contributed by atoms with Crippen LogP contribution in [0.15, 0.2) is 42.5 Å². The summed E-state index contributed by atoms with van der Waals surface area (Å²) in [6.07, 6.45) is 0.487. The number of phenols is 1. The van der Waals surface area contributed by atoms with E-state index in [2.05, 4.69) is 5.32 Å². The average Bonchev–Trinajstić information content (AvgIpc) is 2.58. The molecule has 2 rings (SSSR count). The molecule has 0 aliphatic rings. The smallest absolute Gasteiger partial charge is 0.269 e. The standard InChI is InChI=1S/C18H21FN2O4/c1-12(2-3-13-4-6-14(7-5-13)21(24)25)20-11-18(23)16-9-8-15(22)10-17(16)19/h4-10,12,18,20,22-23H,2-3,11H2,1H3. The minimum absolute atomic E-state index is 0.0639. The van der Waals surface area contributed by atoms with E-state index in [-0.39, 0.29) is 29.6 Å². The van der Waals surface area contributed by atoms with Crippen LogP contribution in [0.4, 0.5) is 10.1 Å². The maximum Gasteiger partial charge on any atom is 0.269 e. The predicted molar refractivity (Wildman–Crippen MR) is 91.9 cm³/mol. The van der Waals surface area contributed by atoms with E-state index in [4.69, 9.17) is 0 Å². The summed E-state index contributed by atoms with van der Waals surface area (Å²) in [4.78, 5) is 10.2. The van der Waals surface area contributed by atoms with E-state index in [1.807, 2.05) is 6.92 Å². The molecule has 0 fully saturated rings. The number of nitrogens with one attached hydrogen (secondary N) is 1. The molecule has 0 aromatic heterocycles. The van der Waals surface area contributed by atoms with Crippen molar-refractivity contribution < 1.29 is 19.5 Å². The van der Waals surface area contributed by atoms with Crippen LogP contribution in [0.25, 0.3) is 0 Å². The van der Waals surface area contributed by atoms with Crippen LogP contribution in [0.3, 0.4) is 0 Å². The number of aryl methyl sites for hydroxylation is 1. The Kier molecular flexibility index (Phi) is 6.44. The fourth-order valence-electron chi connectivity index (χ4n) is 2.48. The van der Waals surface area contributed by atoms with E-state index in [1.165, 1.54) is 24.3 Å². The number of phenolic OH excluding ortho intramolecular Hbond substituents is 1. The van der Waals surface area contributed by atoms with Gasteiger partial charge in [0, 0.05) is 36.3 Å². The molecule has 0 aliphatic carbocycles. The first-order valence-electron chi connectivity index (χ1n) is 8.00. The van der Waals surface area contributed by atoms with Gasteiger partial charge in [-0.3, -0.25) is 10.1 Å². The van der Waals surface area contributed by atoms with Crippen molar-refractivity contribution in [1.29, 1.82) is 0 Å². The van der Waals surface area contributed by atoms with Gasteiger partial charge in [0.05, 0.1) is 11.0 Å². The highest BCUT2D eigenvalue weighted by Gasteiger charge is 2.14. The molecule has 2 atom stereocenters. The van der Waals surface area contributed by atoms with Crippen molar-refractivity contribution in [3.63, 3.8) is 0 Å². The van der Waals surface area contributed by atoms with E-state index in [1.54, 1.807) is 12.1 Å². The second-order valence-corrected chi connectivity index (χ2v) is 5.99. The number of non-ortho nitro benzene ring substituents is 1. The lowest BCUT2D eigenvalue weighted by atomic mass is 10.0. The van der Waals surface area contributed by atoms with Gasteiger partial charge in [-0.25, -0.2) is 4.39 Å². The molecule has 0 saturated carbocycles. The lowest BCUT2D eigenvalue weighted by Crippen LogP contribution is -2.31. The van der Waals surface area contributed by atoms with Gasteiger partial charge >= 0.3 is 0 Å². The summed E-state index contributed by atoms with van der Waals surface area (Å²) in [5.41, 5.74) is 1.19. The number of aliphatic hydroxyl groups excluding tert-OH is 1. The lowest BCUT2D eigenvalue weighted by molar-refractivity contribution is -0.384. The largest absolute Gasteiger partial charge is 0.508 e. The second kappa shape index (κ2) is 8.55. The second-order valence-electron chi connectivity index (χ2n) is 5.99. The Labute approximate surface area is 145 Å². The van der Waals surface area contributed by atoms with E-state index < -0.39 is 16.8 Å². The van der Waals surface area contributed by atoms with Crippen LogP contribution >= 0.6 is 0 Å². The highest BCUT2D eigenvalue weighted by atomic mass is 19.1. The van der Waals surface area contributed by atoms with Crippen LogP contribution in [-0.4, -0.2) is 27.7 Å². The topological polar surface area (TPSA) is 95.6 Å². The average molecular weight is 348 g/mol. The molecule has 0 radical (unpaired) electrons. The van der Waals surface area contributed by atoms with Gasteiger partial charge in [-0.05, 0) is 37.5 Å². The number of aromatic hydroxyl groups is 1. The van der Waals surface area contributed by atoms with Crippen molar-refractivity contribution in [2.45, 2.75) is 31.9 Å². The normalized spacial score (nSPS) is 13.4. The number of rotatable bonds is 8. The summed E-state index contributed by atoms with van der Waals surface area (Å²) in [6, 6.07) is 10.1. The van der Waals surface area contributed by atoms with Gasteiger partial charge < -0.3 is 15.5 Å². The molecular weight excluding hydrogens is 327 g/mol. The molecule has 2 aromatic rings. The van der Waals surface area contributed by atoms with Crippen LogP contribution < -0.4 is 5.32 Å². The zero-order chi connectivity index (χ0) is 18.4. The van der Waals surface area contributed by atoms with Gasteiger partial charge in [0.1, 0.15) is 11.6 Å². The summed E-state index contributed by atoms with van der Waals surface area (Å²) in [5, 5.41) is 33.0. The van der Waals surface area contributed by atoms with Crippen molar-refractivity contribution in [3.05, 3.63) is 69.5 Å². The van der Waals surface area contributed by atoms with Gasteiger partial charge in [-0.2, -0.15) is 0 Å². The summed E-state index contributed by atoms with van der Waals surface area (Å²) in [7, 11) is 0. The number of halogens is 1. The summed E-state index contributed by atoms with van der Waals surface area (Å²) < 4.78 is 13.7. The van der Waals surface area contributed by atoms with Gasteiger partial charge in [0.2, 0.25) is 0 Å². The molecule has 6 nitrogen and oxygen atoms in total. The quantitative estimate of drug-likeness (QED) is 0.503. The number of nitro benzene ring substituents is 1. The Morgan fingerprint density at radius 2 is 1.92 bits per heavy atom. The SMILES string of the molecule is CC(CCc1ccc([N+](=O)[O-])cc1)NCC(O)c1ccc(O)cc1F. The summed E-state index contributed by atoms with van der Waals surface area (Å²) >= 11 is 0. The molecule has 7 heteroatoms. The van der Waals surface area contributed by atoms with Gasteiger partial charge in [0.15, 0.2) is 0 Å². The van der Waals surface area contributed by atoms with Gasteiger partial charge in [-0.1, -0.05) is 12.1 Å². The van der Waals surface area contributed by atoms with E-state index in [0.717, 1.165) is 24.5 Å². The fourth-order valence-corrected chi connectivity index (χ4v) is 2.48. The molecule has 2 unspecified atom stereocenters. The molecule has 0 amide bonds. The first-order chi connectivity index (χ1) is 11.9. The molecular formula is C18H21FN2O4. The Morgan fingerprint density at radius 1 is 1.24 bits per heavy atom. The third-order valence-electron chi connectivity index (χ3n) is 4.02. The highest BCUT2D eigenvalue weighted by molar-refractivity contribution is 5.33. The highest BCUT2D eigenvalue weighted by Crippen LogP contribution is 2.21. The number of benzene rings is 2. The van der Waals surface area contributed by atoms with Gasteiger partial charge in [-0.15, -0.1) is 0 Å². The van der Waals surface area contributed by atoms with Crippen LogP contribution in [0.1, 0.15) is 30.6 Å². The molecule has 0 bridgehead atoms. The molecule has 0 aliphatic heterocycles. The molecule has 0 spiro atoms. The van der Waals surface area contributed by atoms with E-state index in [0.29, 0.717) is 0 Å². The first-order valence-corrected chi connectivity index (χ1v) is 8.00. The third-order valence-corrected chi connectivity index (χ3v) is 4.02. The summed E-state index contributed by atoms with van der Waals surface area (Å²) in [5.74, 6) is -0.828. The lowest BCUT2D eigenvalue weighted by Gasteiger charge is -2.18. The van der Waals surface area contributed by atoms with Crippen molar-refractivity contribution in [2.24, 2.45) is 0 Å². The van der Waals surface area contributed by atoms with Crippen molar-refractivity contribution in [3.8, 4) is 5.75 Å². The van der Waals surface area contributed by atoms with Crippen molar-refractivity contribution in [1.82, 2.24) is 5.32 Å². The molecule has 3 N–H and O–H groups in total. The zero-order valence-electron chi connectivity index (χ0n) is 13.9. The Bertz CT molecular complexity index is 722. The van der Waals surface area contributed by atoms with Crippen LogP contribution in [0, 0.1) is 15.9 Å². The number of nitro groups is 1. The summed E-state index contributed by atoms with van der Waals surface area (Å²) in [6.45, 7) is 2.13. The maximum absolute atomic E-state index is 13.7. The maximum atomic E-state index is 13.7. The van der Waals surface area contributed by atoms with E-state index >= 15 is 0 Å². The monoisotopic (exact) mass is 348 g/mol. The van der Waals surface area contributed by atoms with Crippen LogP contribution in [0.5, 0.6) is 5.75 Å². The van der Waals surface area contributed by atoms with E-state index in [9.17, 15) is 24.7 Å². The third kappa shape index (κ3) is 5.51. The predicted octanol–water partition coefficient (Wildman–Crippen LogP) is 3.08. The minimum Gasteiger partial charge on any atom is -0.508 e. The molecule has 2 aromatic carbocycles. The molecule has 134 valence electrons. The molecule has 0 saturated heterocycles. The Hall–Kier alpha value is -2.51. The van der Waals surface area contributed by atoms with Crippen molar-refractivity contribution >= 4 is 5.69 Å². The first kappa shape index (κ1) is 18.8. The fraction of sp³-hybridized carbons (Fsp3) is 0.333. The number of hydrogen-bond acceptors (Lipinski definition) is 5. The molecule has 25 heavy (non-hydrogen) atoms. The van der Waals surface area contributed by atoms with Crippen LogP contribution in [0.2, 0.25) is 0 Å². The molecule has 0 heterocycles. The number of aliphatic hydroxyl groups is 1. The Morgan fingerprint density at radius 3 is 2.52 bits per heavy atom. The number of hydrogen-bond donors (Lipinski definition) is 3. The van der Waals surface area contributed by atoms with Crippen molar-refractivity contribution in [2.75, 3.05) is 6.54 Å². The zero-order valence-corrected chi connectivity index (χ0v) is 13.9. The number of nitrogens with zero attached hydrogens (tertiary/aromatic N) is 1. The van der Waals surface area contributed by atoms with Gasteiger partial charge in [0.25, 0.3) is 5.69 Å². The van der Waals surface area contributed by atoms with Crippen LogP contribution in [-0.2, 0) is 6.42 Å². The Balaban J connectivity index is 1.80. The minimum atomic E-state index is -1.01.